The zero-order valence-electron chi connectivity index (χ0n) is 23.1. The number of likely N-dealkylation sites (tertiary alicyclic amines) is 1. The van der Waals surface area contributed by atoms with Crippen molar-refractivity contribution >= 4 is 40.9 Å². The molecule has 3 amide bonds. The molecule has 3 aromatic rings. The number of rotatable bonds is 10. The molecule has 0 spiro atoms. The molecule has 2 atom stereocenters. The first-order valence-corrected chi connectivity index (χ1v) is 13.4. The number of carboxylic acid groups (broad SMARTS) is 1. The number of amides is 3. The largest absolute Gasteiger partial charge is 0.495 e. The lowest BCUT2D eigenvalue weighted by Gasteiger charge is -2.25. The summed E-state index contributed by atoms with van der Waals surface area (Å²) in [7, 11) is 5.47. The van der Waals surface area contributed by atoms with Gasteiger partial charge in [-0.2, -0.15) is 0 Å². The molecule has 1 heterocycles. The second kappa shape index (κ2) is 13.4. The summed E-state index contributed by atoms with van der Waals surface area (Å²) >= 11 is 6.12. The summed E-state index contributed by atoms with van der Waals surface area (Å²) in [5.74, 6) is -0.0915. The van der Waals surface area contributed by atoms with Gasteiger partial charge >= 0.3 is 12.0 Å². The second-order valence-corrected chi connectivity index (χ2v) is 10.4. The summed E-state index contributed by atoms with van der Waals surface area (Å²) < 4.78 is 11.4. The molecule has 0 aliphatic carbocycles. The van der Waals surface area contributed by atoms with E-state index in [0.717, 1.165) is 12.0 Å². The van der Waals surface area contributed by atoms with Crippen molar-refractivity contribution < 1.29 is 29.0 Å². The zero-order chi connectivity index (χ0) is 29.5. The SMILES string of the molecule is COc1cc(CC(=O)N2C[C@H](N(C)C)C[C@H]2COc2ccc(C(=O)O)cc2)ccc1NC(=O)Nc1ccccc1Cl. The lowest BCUT2D eigenvalue weighted by molar-refractivity contribution is -0.131. The maximum atomic E-state index is 13.5. The highest BCUT2D eigenvalue weighted by Crippen LogP contribution is 2.29. The number of urea groups is 1. The van der Waals surface area contributed by atoms with E-state index in [0.29, 0.717) is 34.4 Å². The van der Waals surface area contributed by atoms with Crippen molar-refractivity contribution in [2.45, 2.75) is 24.9 Å². The van der Waals surface area contributed by atoms with Crippen LogP contribution in [0.15, 0.2) is 66.7 Å². The Kier molecular flexibility index (Phi) is 9.69. The van der Waals surface area contributed by atoms with Gasteiger partial charge in [0, 0.05) is 12.6 Å². The molecular formula is C30H33ClN4O6. The monoisotopic (exact) mass is 580 g/mol. The van der Waals surface area contributed by atoms with Crippen molar-refractivity contribution in [3.8, 4) is 11.5 Å². The van der Waals surface area contributed by atoms with Crippen LogP contribution in [0.25, 0.3) is 0 Å². The highest BCUT2D eigenvalue weighted by Gasteiger charge is 2.36. The predicted molar refractivity (Wildman–Crippen MR) is 157 cm³/mol. The van der Waals surface area contributed by atoms with Crippen LogP contribution in [0.4, 0.5) is 16.2 Å². The van der Waals surface area contributed by atoms with Crippen molar-refractivity contribution in [2.75, 3.05) is 45.0 Å². The topological polar surface area (TPSA) is 120 Å². The number of ether oxygens (including phenoxy) is 2. The number of carbonyl (C=O) groups is 3. The third-order valence-corrected chi connectivity index (χ3v) is 7.31. The molecule has 1 saturated heterocycles. The standard InChI is InChI=1S/C30H33ClN4O6/c1-34(2)21-16-22(18-41-23-11-9-20(10-12-23)29(37)38)35(17-21)28(36)15-19-8-13-26(27(14-19)40-3)33-30(39)32-25-7-5-4-6-24(25)31/h4-14,21-22H,15-18H2,1-3H3,(H,37,38)(H2,32,33,39)/t21-,22+/m1/s1. The van der Waals surface area contributed by atoms with Crippen LogP contribution >= 0.6 is 11.6 Å². The van der Waals surface area contributed by atoms with Gasteiger partial charge in [-0.05, 0) is 74.6 Å². The Bertz CT molecular complexity index is 1400. The van der Waals surface area contributed by atoms with Crippen LogP contribution in [0, 0.1) is 0 Å². The van der Waals surface area contributed by atoms with Gasteiger partial charge in [-0.1, -0.05) is 29.8 Å². The fraction of sp³-hybridized carbons (Fsp3) is 0.300. The smallest absolute Gasteiger partial charge is 0.335 e. The first-order valence-electron chi connectivity index (χ1n) is 13.1. The van der Waals surface area contributed by atoms with Gasteiger partial charge in [0.15, 0.2) is 0 Å². The van der Waals surface area contributed by atoms with Crippen molar-refractivity contribution in [2.24, 2.45) is 0 Å². The molecule has 3 aromatic carbocycles. The van der Waals surface area contributed by atoms with Crippen LogP contribution in [0.2, 0.25) is 5.02 Å². The molecule has 0 radical (unpaired) electrons. The Morgan fingerprint density at radius 1 is 1.02 bits per heavy atom. The minimum Gasteiger partial charge on any atom is -0.495 e. The van der Waals surface area contributed by atoms with Gasteiger partial charge < -0.3 is 35.0 Å². The van der Waals surface area contributed by atoms with Crippen LogP contribution in [-0.2, 0) is 11.2 Å². The molecule has 3 N–H and O–H groups in total. The van der Waals surface area contributed by atoms with Gasteiger partial charge in [0.2, 0.25) is 5.91 Å². The summed E-state index contributed by atoms with van der Waals surface area (Å²) in [6, 6.07) is 17.9. The number of aromatic carboxylic acids is 1. The molecule has 41 heavy (non-hydrogen) atoms. The first-order chi connectivity index (χ1) is 19.6. The molecule has 10 nitrogen and oxygen atoms in total. The maximum Gasteiger partial charge on any atom is 0.335 e. The van der Waals surface area contributed by atoms with E-state index in [1.807, 2.05) is 19.0 Å². The number of methoxy groups -OCH3 is 1. The predicted octanol–water partition coefficient (Wildman–Crippen LogP) is 4.84. The zero-order valence-corrected chi connectivity index (χ0v) is 23.9. The Morgan fingerprint density at radius 2 is 1.73 bits per heavy atom. The average Bonchev–Trinajstić information content (AvgIpc) is 3.39. The molecule has 0 saturated carbocycles. The van der Waals surface area contributed by atoms with Gasteiger partial charge in [0.05, 0.1) is 41.5 Å². The Hall–Kier alpha value is -4.28. The number of halogens is 1. The third-order valence-electron chi connectivity index (χ3n) is 6.98. The maximum absolute atomic E-state index is 13.5. The lowest BCUT2D eigenvalue weighted by Crippen LogP contribution is -2.40. The quantitative estimate of drug-likeness (QED) is 0.314. The van der Waals surface area contributed by atoms with Crippen LogP contribution in [-0.4, -0.2) is 79.3 Å². The fourth-order valence-corrected chi connectivity index (χ4v) is 4.86. The number of nitrogens with zero attached hydrogens (tertiary/aromatic N) is 2. The number of likely N-dealkylation sites (N-methyl/N-ethyl adjacent to an activating group) is 1. The lowest BCUT2D eigenvalue weighted by atomic mass is 10.1. The average molecular weight is 581 g/mol. The summed E-state index contributed by atoms with van der Waals surface area (Å²) in [5, 5.41) is 15.0. The molecule has 216 valence electrons. The minimum atomic E-state index is -1.00. The van der Waals surface area contributed by atoms with Crippen LogP contribution in [0.1, 0.15) is 22.3 Å². The van der Waals surface area contributed by atoms with E-state index in [4.69, 9.17) is 26.2 Å². The van der Waals surface area contributed by atoms with E-state index < -0.39 is 12.0 Å². The van der Waals surface area contributed by atoms with E-state index in [9.17, 15) is 14.4 Å². The molecule has 1 aliphatic rings. The van der Waals surface area contributed by atoms with Gasteiger partial charge in [-0.3, -0.25) is 4.79 Å². The van der Waals surface area contributed by atoms with Gasteiger partial charge in [-0.15, -0.1) is 0 Å². The number of carbonyl (C=O) groups excluding carboxylic acids is 2. The molecule has 1 fully saturated rings. The Balaban J connectivity index is 1.41. The van der Waals surface area contributed by atoms with E-state index in [2.05, 4.69) is 15.5 Å². The van der Waals surface area contributed by atoms with E-state index in [-0.39, 0.29) is 36.6 Å². The van der Waals surface area contributed by atoms with E-state index in [1.165, 1.54) is 19.2 Å². The van der Waals surface area contributed by atoms with E-state index >= 15 is 0 Å². The summed E-state index contributed by atoms with van der Waals surface area (Å²) in [4.78, 5) is 41.1. The fourth-order valence-electron chi connectivity index (χ4n) is 4.68. The summed E-state index contributed by atoms with van der Waals surface area (Å²) in [6.07, 6.45) is 0.894. The van der Waals surface area contributed by atoms with Crippen LogP contribution in [0.5, 0.6) is 11.5 Å². The van der Waals surface area contributed by atoms with Crippen LogP contribution in [0.3, 0.4) is 0 Å². The molecule has 11 heteroatoms. The van der Waals surface area contributed by atoms with Crippen molar-refractivity contribution in [1.29, 1.82) is 0 Å². The van der Waals surface area contributed by atoms with Gasteiger partial charge in [0.25, 0.3) is 0 Å². The number of hydrogen-bond donors (Lipinski definition) is 3. The number of nitrogens with one attached hydrogen (secondary N) is 2. The second-order valence-electron chi connectivity index (χ2n) is 9.96. The molecule has 0 bridgehead atoms. The number of anilines is 2. The van der Waals surface area contributed by atoms with E-state index in [1.54, 1.807) is 54.6 Å². The van der Waals surface area contributed by atoms with Gasteiger partial charge in [0.1, 0.15) is 18.1 Å². The number of carboxylic acids is 1. The van der Waals surface area contributed by atoms with Gasteiger partial charge in [-0.25, -0.2) is 9.59 Å². The number of benzene rings is 3. The summed E-state index contributed by atoms with van der Waals surface area (Å²) in [6.45, 7) is 0.853. The molecule has 0 aromatic heterocycles. The highest BCUT2D eigenvalue weighted by molar-refractivity contribution is 6.33. The number of para-hydroxylation sites is 1. The molecule has 4 rings (SSSR count). The molecular weight excluding hydrogens is 548 g/mol. The first kappa shape index (κ1) is 29.7. The minimum absolute atomic E-state index is 0.0524. The summed E-state index contributed by atoms with van der Waals surface area (Å²) in [5.41, 5.74) is 1.84. The van der Waals surface area contributed by atoms with Crippen molar-refractivity contribution in [3.05, 3.63) is 82.9 Å². The molecule has 1 aliphatic heterocycles. The number of hydrogen-bond acceptors (Lipinski definition) is 6. The normalized spacial score (nSPS) is 16.4. The van der Waals surface area contributed by atoms with Crippen LogP contribution < -0.4 is 20.1 Å². The Morgan fingerprint density at radius 3 is 2.39 bits per heavy atom. The van der Waals surface area contributed by atoms with Crippen molar-refractivity contribution in [1.82, 2.24) is 9.80 Å². The third kappa shape index (κ3) is 7.68. The molecule has 0 unspecified atom stereocenters. The highest BCUT2D eigenvalue weighted by atomic mass is 35.5. The van der Waals surface area contributed by atoms with Crippen molar-refractivity contribution in [3.63, 3.8) is 0 Å². The Labute approximate surface area is 243 Å².